The van der Waals surface area contributed by atoms with E-state index in [4.69, 9.17) is 5.26 Å². The quantitative estimate of drug-likeness (QED) is 0.737. The van der Waals surface area contributed by atoms with Crippen molar-refractivity contribution < 1.29 is 0 Å². The normalized spacial score (nSPS) is 16.7. The third-order valence-corrected chi connectivity index (χ3v) is 3.22. The zero-order chi connectivity index (χ0) is 11.3. The fourth-order valence-electron chi connectivity index (χ4n) is 1.89. The summed E-state index contributed by atoms with van der Waals surface area (Å²) in [6, 6.07) is 6.34. The third kappa shape index (κ3) is 3.04. The van der Waals surface area contributed by atoms with E-state index >= 15 is 0 Å². The van der Waals surface area contributed by atoms with E-state index in [1.807, 2.05) is 12.3 Å². The highest BCUT2D eigenvalue weighted by Gasteiger charge is 2.41. The van der Waals surface area contributed by atoms with Crippen molar-refractivity contribution in [3.05, 3.63) is 30.1 Å². The molecule has 1 fully saturated rings. The lowest BCUT2D eigenvalue weighted by Crippen LogP contribution is -2.25. The number of rotatable bonds is 6. The van der Waals surface area contributed by atoms with E-state index in [0.29, 0.717) is 11.8 Å². The van der Waals surface area contributed by atoms with Gasteiger partial charge in [0.25, 0.3) is 0 Å². The smallest absolute Gasteiger partial charge is 0.0628 e. The van der Waals surface area contributed by atoms with Crippen LogP contribution >= 0.6 is 0 Å². The van der Waals surface area contributed by atoms with Crippen molar-refractivity contribution in [2.75, 3.05) is 13.1 Å². The maximum atomic E-state index is 8.69. The lowest BCUT2D eigenvalue weighted by Gasteiger charge is -2.11. The predicted octanol–water partition coefficient (Wildman–Crippen LogP) is 1.91. The van der Waals surface area contributed by atoms with Crippen LogP contribution in [0.5, 0.6) is 0 Å². The van der Waals surface area contributed by atoms with Crippen molar-refractivity contribution in [3.8, 4) is 6.07 Å². The standard InChI is InChI=1S/C13H17N3/c14-7-6-13(4-5-13)11-16-9-3-12-2-1-8-15-10-12/h1-2,8,10,16H,3-6,9,11H2. The molecule has 0 amide bonds. The molecule has 0 atom stereocenters. The summed E-state index contributed by atoms with van der Waals surface area (Å²) < 4.78 is 0. The van der Waals surface area contributed by atoms with Gasteiger partial charge in [0.05, 0.1) is 6.07 Å². The summed E-state index contributed by atoms with van der Waals surface area (Å²) in [5.74, 6) is 0. The maximum Gasteiger partial charge on any atom is 0.0628 e. The van der Waals surface area contributed by atoms with Crippen LogP contribution in [0, 0.1) is 16.7 Å². The van der Waals surface area contributed by atoms with Gasteiger partial charge in [-0.25, -0.2) is 0 Å². The van der Waals surface area contributed by atoms with Gasteiger partial charge in [-0.15, -0.1) is 0 Å². The molecule has 0 aromatic carbocycles. The summed E-state index contributed by atoms with van der Waals surface area (Å²) in [7, 11) is 0. The van der Waals surface area contributed by atoms with E-state index in [1.165, 1.54) is 18.4 Å². The van der Waals surface area contributed by atoms with Gasteiger partial charge in [-0.1, -0.05) is 6.07 Å². The van der Waals surface area contributed by atoms with Gasteiger partial charge in [0.1, 0.15) is 0 Å². The molecule has 0 spiro atoms. The van der Waals surface area contributed by atoms with Crippen LogP contribution in [0.15, 0.2) is 24.5 Å². The Hall–Kier alpha value is -1.40. The Morgan fingerprint density at radius 1 is 1.50 bits per heavy atom. The third-order valence-electron chi connectivity index (χ3n) is 3.22. The molecule has 0 bridgehead atoms. The summed E-state index contributed by atoms with van der Waals surface area (Å²) in [5.41, 5.74) is 1.57. The fourth-order valence-corrected chi connectivity index (χ4v) is 1.89. The van der Waals surface area contributed by atoms with Gasteiger partial charge in [-0.3, -0.25) is 4.98 Å². The molecule has 0 unspecified atom stereocenters. The molecule has 3 nitrogen and oxygen atoms in total. The minimum absolute atomic E-state index is 0.309. The zero-order valence-electron chi connectivity index (χ0n) is 9.45. The molecule has 2 rings (SSSR count). The van der Waals surface area contributed by atoms with Crippen LogP contribution < -0.4 is 5.32 Å². The van der Waals surface area contributed by atoms with Crippen LogP contribution in [0.25, 0.3) is 0 Å². The first-order valence-electron chi connectivity index (χ1n) is 5.81. The largest absolute Gasteiger partial charge is 0.316 e. The molecular weight excluding hydrogens is 198 g/mol. The van der Waals surface area contributed by atoms with Crippen LogP contribution in [-0.2, 0) is 6.42 Å². The number of aromatic nitrogens is 1. The summed E-state index contributed by atoms with van der Waals surface area (Å²) in [5, 5.41) is 12.1. The lowest BCUT2D eigenvalue weighted by atomic mass is 10.0. The van der Waals surface area contributed by atoms with Gasteiger partial charge < -0.3 is 5.32 Å². The highest BCUT2D eigenvalue weighted by molar-refractivity contribution is 5.08. The number of nitriles is 1. The highest BCUT2D eigenvalue weighted by atomic mass is 14.9. The van der Waals surface area contributed by atoms with Crippen LogP contribution in [0.2, 0.25) is 0 Å². The first-order chi connectivity index (χ1) is 7.85. The second-order valence-corrected chi connectivity index (χ2v) is 4.62. The topological polar surface area (TPSA) is 48.7 Å². The van der Waals surface area contributed by atoms with Gasteiger partial charge >= 0.3 is 0 Å². The molecule has 0 aliphatic heterocycles. The minimum Gasteiger partial charge on any atom is -0.316 e. The van der Waals surface area contributed by atoms with E-state index in [1.54, 1.807) is 6.20 Å². The van der Waals surface area contributed by atoms with Gasteiger partial charge in [-0.2, -0.15) is 5.26 Å². The molecule has 0 radical (unpaired) electrons. The minimum atomic E-state index is 0.309. The number of hydrogen-bond acceptors (Lipinski definition) is 3. The second kappa shape index (κ2) is 5.09. The Bertz CT molecular complexity index is 363. The molecule has 16 heavy (non-hydrogen) atoms. The van der Waals surface area contributed by atoms with Crippen molar-refractivity contribution in [3.63, 3.8) is 0 Å². The Morgan fingerprint density at radius 2 is 2.38 bits per heavy atom. The van der Waals surface area contributed by atoms with E-state index in [2.05, 4.69) is 22.4 Å². The number of pyridine rings is 1. The molecule has 3 heteroatoms. The number of nitrogens with one attached hydrogen (secondary N) is 1. The summed E-state index contributed by atoms with van der Waals surface area (Å²) >= 11 is 0. The Kier molecular flexibility index (Phi) is 3.53. The van der Waals surface area contributed by atoms with Crippen molar-refractivity contribution in [2.24, 2.45) is 5.41 Å². The summed E-state index contributed by atoms with van der Waals surface area (Å²) in [4.78, 5) is 4.08. The molecule has 1 aromatic rings. The highest BCUT2D eigenvalue weighted by Crippen LogP contribution is 2.47. The average molecular weight is 215 g/mol. The molecule has 84 valence electrons. The van der Waals surface area contributed by atoms with Crippen molar-refractivity contribution in [1.82, 2.24) is 10.3 Å². The van der Waals surface area contributed by atoms with Gasteiger partial charge in [0.2, 0.25) is 0 Å². The maximum absolute atomic E-state index is 8.69. The summed E-state index contributed by atoms with van der Waals surface area (Å²) in [6.45, 7) is 1.96. The molecule has 1 saturated carbocycles. The van der Waals surface area contributed by atoms with Crippen molar-refractivity contribution in [1.29, 1.82) is 5.26 Å². The van der Waals surface area contributed by atoms with Crippen LogP contribution in [0.1, 0.15) is 24.8 Å². The van der Waals surface area contributed by atoms with Gasteiger partial charge in [-0.05, 0) is 42.9 Å². The van der Waals surface area contributed by atoms with E-state index < -0.39 is 0 Å². The van der Waals surface area contributed by atoms with E-state index in [9.17, 15) is 0 Å². The Labute approximate surface area is 96.5 Å². The van der Waals surface area contributed by atoms with E-state index in [-0.39, 0.29) is 0 Å². The molecule has 1 N–H and O–H groups in total. The van der Waals surface area contributed by atoms with Crippen molar-refractivity contribution >= 4 is 0 Å². The first-order valence-corrected chi connectivity index (χ1v) is 5.81. The van der Waals surface area contributed by atoms with Gasteiger partial charge in [0.15, 0.2) is 0 Å². The summed E-state index contributed by atoms with van der Waals surface area (Å²) in [6.07, 6.45) is 7.83. The first kappa shape index (κ1) is 11.1. The zero-order valence-corrected chi connectivity index (χ0v) is 9.45. The molecule has 0 saturated heterocycles. The van der Waals surface area contributed by atoms with E-state index in [0.717, 1.165) is 19.5 Å². The average Bonchev–Trinajstić information content (AvgIpc) is 3.07. The molecule has 1 heterocycles. The lowest BCUT2D eigenvalue weighted by molar-refractivity contribution is 0.469. The van der Waals surface area contributed by atoms with Gasteiger partial charge in [0, 0.05) is 25.4 Å². The molecular formula is C13H17N3. The van der Waals surface area contributed by atoms with Crippen LogP contribution in [-0.4, -0.2) is 18.1 Å². The molecule has 1 aliphatic rings. The Balaban J connectivity index is 1.65. The van der Waals surface area contributed by atoms with Crippen LogP contribution in [0.3, 0.4) is 0 Å². The monoisotopic (exact) mass is 215 g/mol. The van der Waals surface area contributed by atoms with Crippen molar-refractivity contribution in [2.45, 2.75) is 25.7 Å². The Morgan fingerprint density at radius 3 is 3.00 bits per heavy atom. The predicted molar refractivity (Wildman–Crippen MR) is 62.7 cm³/mol. The second-order valence-electron chi connectivity index (χ2n) is 4.62. The molecule has 1 aromatic heterocycles. The fraction of sp³-hybridized carbons (Fsp3) is 0.538. The number of nitrogens with zero attached hydrogens (tertiary/aromatic N) is 2. The number of hydrogen-bond donors (Lipinski definition) is 1. The SMILES string of the molecule is N#CCC1(CNCCc2cccnc2)CC1. The molecule has 1 aliphatic carbocycles. The van der Waals surface area contributed by atoms with Crippen LogP contribution in [0.4, 0.5) is 0 Å².